The van der Waals surface area contributed by atoms with Crippen molar-refractivity contribution in [2.45, 2.75) is 13.5 Å². The van der Waals surface area contributed by atoms with E-state index in [1.807, 2.05) is 31.2 Å². The summed E-state index contributed by atoms with van der Waals surface area (Å²) in [5, 5.41) is 3.00. The van der Waals surface area contributed by atoms with Crippen molar-refractivity contribution in [3.05, 3.63) is 56.4 Å². The van der Waals surface area contributed by atoms with E-state index in [0.717, 1.165) is 15.7 Å². The van der Waals surface area contributed by atoms with E-state index < -0.39 is 0 Å². The number of nitrogens with zero attached hydrogens (tertiary/aromatic N) is 1. The van der Waals surface area contributed by atoms with Crippen LogP contribution in [0.5, 0.6) is 0 Å². The summed E-state index contributed by atoms with van der Waals surface area (Å²) < 4.78 is 2.61. The second kappa shape index (κ2) is 4.06. The Kier molecular flexibility index (Phi) is 2.77. The highest BCUT2D eigenvalue weighted by molar-refractivity contribution is 9.10. The molecule has 0 aliphatic heterocycles. The van der Waals surface area contributed by atoms with Gasteiger partial charge in [0.15, 0.2) is 0 Å². The smallest absolute Gasteiger partial charge is 0.267 e. The largest absolute Gasteiger partial charge is 0.300 e. The van der Waals surface area contributed by atoms with Crippen molar-refractivity contribution in [1.82, 2.24) is 9.78 Å². The van der Waals surface area contributed by atoms with Gasteiger partial charge in [-0.3, -0.25) is 9.89 Å². The van der Waals surface area contributed by atoms with Crippen molar-refractivity contribution in [2.24, 2.45) is 0 Å². The van der Waals surface area contributed by atoms with Gasteiger partial charge in [0.2, 0.25) is 0 Å². The lowest BCUT2D eigenvalue weighted by atomic mass is 10.2. The third-order valence-corrected chi connectivity index (χ3v) is 2.98. The van der Waals surface area contributed by atoms with Gasteiger partial charge in [-0.05, 0) is 18.6 Å². The molecule has 1 aromatic carbocycles. The summed E-state index contributed by atoms with van der Waals surface area (Å²) in [6.45, 7) is 2.44. The number of aromatic nitrogens is 2. The number of halogens is 1. The topological polar surface area (TPSA) is 37.8 Å². The van der Waals surface area contributed by atoms with Crippen LogP contribution in [0.25, 0.3) is 0 Å². The minimum Gasteiger partial charge on any atom is -0.300 e. The zero-order chi connectivity index (χ0) is 10.8. The van der Waals surface area contributed by atoms with Crippen LogP contribution in [-0.2, 0) is 6.54 Å². The first-order valence-corrected chi connectivity index (χ1v) is 5.46. The Hall–Kier alpha value is -1.29. The van der Waals surface area contributed by atoms with Crippen molar-refractivity contribution in [2.75, 3.05) is 0 Å². The van der Waals surface area contributed by atoms with Crippen LogP contribution in [0.3, 0.4) is 0 Å². The first-order chi connectivity index (χ1) is 7.16. The van der Waals surface area contributed by atoms with Crippen LogP contribution < -0.4 is 5.56 Å². The van der Waals surface area contributed by atoms with Crippen LogP contribution in [-0.4, -0.2) is 9.78 Å². The second-order valence-electron chi connectivity index (χ2n) is 3.45. The average Bonchev–Trinajstić information content (AvgIpc) is 2.49. The molecule has 0 fully saturated rings. The fraction of sp³-hybridized carbons (Fsp3) is 0.182. The molecule has 0 radical (unpaired) electrons. The van der Waals surface area contributed by atoms with Crippen LogP contribution in [0.1, 0.15) is 11.3 Å². The molecule has 0 bridgehead atoms. The van der Waals surface area contributed by atoms with Crippen LogP contribution >= 0.6 is 15.9 Å². The van der Waals surface area contributed by atoms with Gasteiger partial charge in [-0.25, -0.2) is 4.68 Å². The predicted molar refractivity (Wildman–Crippen MR) is 63.0 cm³/mol. The molecule has 0 saturated heterocycles. The SMILES string of the molecule is Cc1cc(=O)n(Cc2ccccc2Br)[nH]1. The lowest BCUT2D eigenvalue weighted by molar-refractivity contribution is 0.656. The van der Waals surface area contributed by atoms with E-state index in [-0.39, 0.29) is 5.56 Å². The molecule has 0 unspecified atom stereocenters. The Balaban J connectivity index is 2.34. The first-order valence-electron chi connectivity index (χ1n) is 4.66. The molecule has 1 aromatic heterocycles. The van der Waals surface area contributed by atoms with E-state index in [2.05, 4.69) is 21.0 Å². The average molecular weight is 267 g/mol. The normalized spacial score (nSPS) is 10.5. The van der Waals surface area contributed by atoms with Crippen molar-refractivity contribution in [3.63, 3.8) is 0 Å². The Morgan fingerprint density at radius 3 is 2.73 bits per heavy atom. The van der Waals surface area contributed by atoms with E-state index in [0.29, 0.717) is 6.54 Å². The predicted octanol–water partition coefficient (Wildman–Crippen LogP) is 2.30. The quantitative estimate of drug-likeness (QED) is 0.890. The Morgan fingerprint density at radius 2 is 2.13 bits per heavy atom. The monoisotopic (exact) mass is 266 g/mol. The molecule has 1 N–H and O–H groups in total. The van der Waals surface area contributed by atoms with Crippen molar-refractivity contribution in [1.29, 1.82) is 0 Å². The molecule has 4 heteroatoms. The molecule has 15 heavy (non-hydrogen) atoms. The van der Waals surface area contributed by atoms with E-state index in [1.54, 1.807) is 10.7 Å². The molecule has 0 amide bonds. The molecule has 2 rings (SSSR count). The molecule has 0 aliphatic carbocycles. The van der Waals surface area contributed by atoms with Gasteiger partial charge in [0.25, 0.3) is 5.56 Å². The summed E-state index contributed by atoms with van der Waals surface area (Å²) in [7, 11) is 0. The van der Waals surface area contributed by atoms with Gasteiger partial charge >= 0.3 is 0 Å². The highest BCUT2D eigenvalue weighted by Crippen LogP contribution is 2.16. The molecule has 2 aromatic rings. The van der Waals surface area contributed by atoms with Crippen molar-refractivity contribution in [3.8, 4) is 0 Å². The van der Waals surface area contributed by atoms with Crippen molar-refractivity contribution < 1.29 is 0 Å². The zero-order valence-electron chi connectivity index (χ0n) is 8.33. The lowest BCUT2D eigenvalue weighted by Crippen LogP contribution is -2.16. The van der Waals surface area contributed by atoms with Gasteiger partial charge in [-0.15, -0.1) is 0 Å². The number of benzene rings is 1. The summed E-state index contributed by atoms with van der Waals surface area (Å²) in [6, 6.07) is 9.47. The van der Waals surface area contributed by atoms with Gasteiger partial charge in [0.1, 0.15) is 0 Å². The van der Waals surface area contributed by atoms with Crippen LogP contribution in [0.4, 0.5) is 0 Å². The van der Waals surface area contributed by atoms with Gasteiger partial charge < -0.3 is 0 Å². The molecule has 3 nitrogen and oxygen atoms in total. The highest BCUT2D eigenvalue weighted by atomic mass is 79.9. The third kappa shape index (κ3) is 2.21. The maximum Gasteiger partial charge on any atom is 0.267 e. The molecular weight excluding hydrogens is 256 g/mol. The number of aromatic amines is 1. The Morgan fingerprint density at radius 1 is 1.40 bits per heavy atom. The van der Waals surface area contributed by atoms with Gasteiger partial charge in [0.05, 0.1) is 6.54 Å². The molecule has 0 spiro atoms. The maximum atomic E-state index is 11.5. The zero-order valence-corrected chi connectivity index (χ0v) is 9.91. The number of aryl methyl sites for hydroxylation is 1. The number of nitrogens with one attached hydrogen (secondary N) is 1. The van der Waals surface area contributed by atoms with Gasteiger partial charge in [-0.1, -0.05) is 34.1 Å². The molecular formula is C11H11BrN2O. The summed E-state index contributed by atoms with van der Waals surface area (Å²) in [4.78, 5) is 11.5. The second-order valence-corrected chi connectivity index (χ2v) is 4.31. The lowest BCUT2D eigenvalue weighted by Gasteiger charge is -2.04. The van der Waals surface area contributed by atoms with Crippen molar-refractivity contribution >= 4 is 15.9 Å². The maximum absolute atomic E-state index is 11.5. The molecule has 0 atom stereocenters. The standard InChI is InChI=1S/C11H11BrN2O/c1-8-6-11(15)14(13-8)7-9-4-2-3-5-10(9)12/h2-6,13H,7H2,1H3. The van der Waals surface area contributed by atoms with Crippen LogP contribution in [0, 0.1) is 6.92 Å². The molecule has 0 saturated carbocycles. The first kappa shape index (κ1) is 10.2. The summed E-state index contributed by atoms with van der Waals surface area (Å²) in [5.41, 5.74) is 1.97. The Labute approximate surface area is 95.9 Å². The third-order valence-electron chi connectivity index (χ3n) is 2.20. The van der Waals surface area contributed by atoms with Gasteiger partial charge in [-0.2, -0.15) is 0 Å². The van der Waals surface area contributed by atoms with Crippen LogP contribution in [0.2, 0.25) is 0 Å². The Bertz CT molecular complexity index is 527. The summed E-state index contributed by atoms with van der Waals surface area (Å²) in [5.74, 6) is 0. The van der Waals surface area contributed by atoms with E-state index in [9.17, 15) is 4.79 Å². The number of rotatable bonds is 2. The van der Waals surface area contributed by atoms with E-state index >= 15 is 0 Å². The minimum absolute atomic E-state index is 0.00301. The number of H-pyrrole nitrogens is 1. The summed E-state index contributed by atoms with van der Waals surface area (Å²) in [6.07, 6.45) is 0. The molecule has 1 heterocycles. The highest BCUT2D eigenvalue weighted by Gasteiger charge is 2.03. The fourth-order valence-electron chi connectivity index (χ4n) is 1.48. The number of hydrogen-bond donors (Lipinski definition) is 1. The summed E-state index contributed by atoms with van der Waals surface area (Å²) >= 11 is 3.46. The number of hydrogen-bond acceptors (Lipinski definition) is 1. The minimum atomic E-state index is 0.00301. The molecule has 0 aliphatic rings. The van der Waals surface area contributed by atoms with Gasteiger partial charge in [0, 0.05) is 16.2 Å². The fourth-order valence-corrected chi connectivity index (χ4v) is 1.89. The van der Waals surface area contributed by atoms with E-state index in [1.165, 1.54) is 0 Å². The molecule has 78 valence electrons. The van der Waals surface area contributed by atoms with Crippen LogP contribution in [0.15, 0.2) is 39.6 Å². The van der Waals surface area contributed by atoms with E-state index in [4.69, 9.17) is 0 Å².